The van der Waals surface area contributed by atoms with Crippen molar-refractivity contribution < 1.29 is 14.6 Å². The van der Waals surface area contributed by atoms with Crippen molar-refractivity contribution in [2.75, 3.05) is 46.6 Å². The number of rotatable bonds is 7. The van der Waals surface area contributed by atoms with Crippen molar-refractivity contribution in [1.82, 2.24) is 10.2 Å². The molecule has 1 aliphatic heterocycles. The van der Waals surface area contributed by atoms with Gasteiger partial charge in [-0.05, 0) is 17.7 Å². The van der Waals surface area contributed by atoms with Gasteiger partial charge in [-0.3, -0.25) is 4.90 Å². The van der Waals surface area contributed by atoms with Gasteiger partial charge in [0.1, 0.15) is 5.75 Å². The van der Waals surface area contributed by atoms with E-state index in [9.17, 15) is 0 Å². The number of nitrogens with one attached hydrogen (secondary N) is 1. The molecule has 1 aromatic rings. The zero-order chi connectivity index (χ0) is 14.2. The molecule has 2 rings (SSSR count). The Balaban J connectivity index is 0.00000220. The Morgan fingerprint density at radius 1 is 1.27 bits per heavy atom. The van der Waals surface area contributed by atoms with Gasteiger partial charge in [-0.1, -0.05) is 6.07 Å². The molecule has 0 bridgehead atoms. The molecule has 0 amide bonds. The van der Waals surface area contributed by atoms with Crippen LogP contribution in [0.15, 0.2) is 18.2 Å². The zero-order valence-electron chi connectivity index (χ0n) is 12.9. The number of nitrogens with zero attached hydrogens (tertiary/aromatic N) is 1. The van der Waals surface area contributed by atoms with Crippen LogP contribution in [0.2, 0.25) is 0 Å². The first kappa shape index (κ1) is 21.4. The van der Waals surface area contributed by atoms with Crippen LogP contribution in [0.1, 0.15) is 11.1 Å². The van der Waals surface area contributed by atoms with E-state index in [1.54, 1.807) is 7.11 Å². The van der Waals surface area contributed by atoms with E-state index in [1.165, 1.54) is 11.1 Å². The second-order valence-corrected chi connectivity index (χ2v) is 4.94. The van der Waals surface area contributed by atoms with E-state index in [0.717, 1.165) is 45.1 Å². The smallest absolute Gasteiger partial charge is 0.123 e. The summed E-state index contributed by atoms with van der Waals surface area (Å²) in [6.07, 6.45) is 0. The van der Waals surface area contributed by atoms with Gasteiger partial charge in [0.15, 0.2) is 0 Å². The van der Waals surface area contributed by atoms with Gasteiger partial charge in [-0.15, -0.1) is 24.8 Å². The van der Waals surface area contributed by atoms with E-state index in [0.29, 0.717) is 6.54 Å². The number of aliphatic hydroxyl groups excluding tert-OH is 1. The fraction of sp³-hybridized carbons (Fsp3) is 0.600. The van der Waals surface area contributed by atoms with Crippen molar-refractivity contribution in [1.29, 1.82) is 0 Å². The highest BCUT2D eigenvalue weighted by molar-refractivity contribution is 5.85. The molecule has 0 saturated carbocycles. The molecular weight excluding hydrogens is 327 g/mol. The molecule has 1 saturated heterocycles. The van der Waals surface area contributed by atoms with E-state index in [2.05, 4.69) is 22.3 Å². The summed E-state index contributed by atoms with van der Waals surface area (Å²) in [5.74, 6) is 0.933. The van der Waals surface area contributed by atoms with Gasteiger partial charge in [0, 0.05) is 38.3 Å². The average molecular weight is 353 g/mol. The summed E-state index contributed by atoms with van der Waals surface area (Å²) >= 11 is 0. The summed E-state index contributed by atoms with van der Waals surface area (Å²) in [6, 6.07) is 6.26. The lowest BCUT2D eigenvalue weighted by atomic mass is 10.1. The van der Waals surface area contributed by atoms with Gasteiger partial charge in [0.25, 0.3) is 0 Å². The molecule has 0 aliphatic carbocycles. The molecule has 22 heavy (non-hydrogen) atoms. The van der Waals surface area contributed by atoms with Gasteiger partial charge < -0.3 is 19.9 Å². The summed E-state index contributed by atoms with van der Waals surface area (Å²) in [5.41, 5.74) is 2.42. The lowest BCUT2D eigenvalue weighted by molar-refractivity contribution is 0.0339. The van der Waals surface area contributed by atoms with Crippen LogP contribution in [-0.2, 0) is 17.8 Å². The normalized spacial score (nSPS) is 14.8. The van der Waals surface area contributed by atoms with E-state index < -0.39 is 0 Å². The number of morpholine rings is 1. The number of benzene rings is 1. The second kappa shape index (κ2) is 11.9. The number of hydrogen-bond acceptors (Lipinski definition) is 5. The van der Waals surface area contributed by atoms with Gasteiger partial charge >= 0.3 is 0 Å². The predicted molar refractivity (Wildman–Crippen MR) is 92.4 cm³/mol. The van der Waals surface area contributed by atoms with Crippen molar-refractivity contribution in [2.24, 2.45) is 0 Å². The first-order chi connectivity index (χ1) is 9.83. The largest absolute Gasteiger partial charge is 0.496 e. The van der Waals surface area contributed by atoms with Crippen LogP contribution in [0.4, 0.5) is 0 Å². The van der Waals surface area contributed by atoms with Crippen molar-refractivity contribution in [3.8, 4) is 5.75 Å². The minimum absolute atomic E-state index is 0. The molecule has 1 aliphatic rings. The maximum absolute atomic E-state index is 8.80. The van der Waals surface area contributed by atoms with Crippen molar-refractivity contribution in [3.05, 3.63) is 29.3 Å². The highest BCUT2D eigenvalue weighted by Gasteiger charge is 2.13. The Kier molecular flexibility index (Phi) is 11.6. The third-order valence-electron chi connectivity index (χ3n) is 3.46. The molecule has 1 aromatic carbocycles. The number of methoxy groups -OCH3 is 1. The van der Waals surface area contributed by atoms with Crippen molar-refractivity contribution >= 4 is 24.8 Å². The first-order valence-corrected chi connectivity index (χ1v) is 7.11. The summed E-state index contributed by atoms with van der Waals surface area (Å²) < 4.78 is 10.8. The lowest BCUT2D eigenvalue weighted by Crippen LogP contribution is -2.35. The van der Waals surface area contributed by atoms with Gasteiger partial charge in [-0.2, -0.15) is 0 Å². The van der Waals surface area contributed by atoms with Crippen LogP contribution in [0.25, 0.3) is 0 Å². The van der Waals surface area contributed by atoms with Crippen LogP contribution >= 0.6 is 24.8 Å². The fourth-order valence-corrected chi connectivity index (χ4v) is 2.38. The standard InChI is InChI=1S/C15H24N2O3.2ClH/c1-19-15-3-2-13(11-16-4-7-18)10-14(15)12-17-5-8-20-9-6-17;;/h2-3,10,16,18H,4-9,11-12H2,1H3;2*1H. The Morgan fingerprint density at radius 3 is 2.64 bits per heavy atom. The molecule has 1 fully saturated rings. The topological polar surface area (TPSA) is 54.0 Å². The van der Waals surface area contributed by atoms with E-state index in [-0.39, 0.29) is 31.4 Å². The molecule has 0 unspecified atom stereocenters. The van der Waals surface area contributed by atoms with E-state index in [4.69, 9.17) is 14.6 Å². The highest BCUT2D eigenvalue weighted by Crippen LogP contribution is 2.22. The molecule has 1 heterocycles. The molecule has 0 radical (unpaired) electrons. The van der Waals surface area contributed by atoms with Crippen LogP contribution in [0, 0.1) is 0 Å². The lowest BCUT2D eigenvalue weighted by Gasteiger charge is -2.27. The van der Waals surface area contributed by atoms with E-state index in [1.807, 2.05) is 6.07 Å². The van der Waals surface area contributed by atoms with Gasteiger partial charge in [0.05, 0.1) is 26.9 Å². The Hall–Kier alpha value is -0.560. The zero-order valence-corrected chi connectivity index (χ0v) is 14.5. The van der Waals surface area contributed by atoms with Crippen LogP contribution in [-0.4, -0.2) is 56.6 Å². The summed E-state index contributed by atoms with van der Waals surface area (Å²) in [5, 5.41) is 12.0. The molecule has 7 heteroatoms. The monoisotopic (exact) mass is 352 g/mol. The average Bonchev–Trinajstić information content (AvgIpc) is 2.49. The van der Waals surface area contributed by atoms with Crippen molar-refractivity contribution in [2.45, 2.75) is 13.1 Å². The second-order valence-electron chi connectivity index (χ2n) is 4.94. The summed E-state index contributed by atoms with van der Waals surface area (Å²) in [4.78, 5) is 2.38. The third-order valence-corrected chi connectivity index (χ3v) is 3.46. The summed E-state index contributed by atoms with van der Waals surface area (Å²) in [7, 11) is 1.71. The minimum atomic E-state index is 0. The Morgan fingerprint density at radius 2 is 2.00 bits per heavy atom. The Labute approximate surface area is 144 Å². The van der Waals surface area contributed by atoms with Crippen molar-refractivity contribution in [3.63, 3.8) is 0 Å². The first-order valence-electron chi connectivity index (χ1n) is 7.11. The fourth-order valence-electron chi connectivity index (χ4n) is 2.38. The molecule has 5 nitrogen and oxygen atoms in total. The van der Waals surface area contributed by atoms with Crippen LogP contribution in [0.5, 0.6) is 5.75 Å². The molecule has 0 atom stereocenters. The SMILES string of the molecule is COc1ccc(CNCCO)cc1CN1CCOCC1.Cl.Cl. The molecule has 0 spiro atoms. The maximum atomic E-state index is 8.80. The Bertz CT molecular complexity index is 416. The highest BCUT2D eigenvalue weighted by atomic mass is 35.5. The number of aliphatic hydroxyl groups is 1. The van der Waals surface area contributed by atoms with Crippen LogP contribution < -0.4 is 10.1 Å². The molecule has 2 N–H and O–H groups in total. The number of halogens is 2. The summed E-state index contributed by atoms with van der Waals surface area (Å²) in [6.45, 7) is 5.98. The third kappa shape index (κ3) is 6.69. The molecular formula is C15H26Cl2N2O3. The molecule has 128 valence electrons. The van der Waals surface area contributed by atoms with Gasteiger partial charge in [-0.25, -0.2) is 0 Å². The number of ether oxygens (including phenoxy) is 2. The minimum Gasteiger partial charge on any atom is -0.496 e. The predicted octanol–water partition coefficient (Wildman–Crippen LogP) is 1.45. The molecule has 0 aromatic heterocycles. The van der Waals surface area contributed by atoms with Gasteiger partial charge in [0.2, 0.25) is 0 Å². The maximum Gasteiger partial charge on any atom is 0.123 e. The van der Waals surface area contributed by atoms with Crippen LogP contribution in [0.3, 0.4) is 0 Å². The number of hydrogen-bond donors (Lipinski definition) is 2. The quantitative estimate of drug-likeness (QED) is 0.727. The van der Waals surface area contributed by atoms with E-state index >= 15 is 0 Å².